The maximum Gasteiger partial charge on any atom is 0.194 e. The minimum atomic E-state index is -1.40. The zero-order valence-electron chi connectivity index (χ0n) is 11.2. The van der Waals surface area contributed by atoms with Crippen LogP contribution in [0.1, 0.15) is 26.7 Å². The molecule has 1 heterocycles. The Bertz CT molecular complexity index is 415. The van der Waals surface area contributed by atoms with Crippen molar-refractivity contribution in [3.05, 3.63) is 29.6 Å². The van der Waals surface area contributed by atoms with Crippen LogP contribution in [-0.4, -0.2) is 25.2 Å². The molecule has 1 aliphatic rings. The third-order valence-corrected chi connectivity index (χ3v) is 3.57. The molecule has 0 aromatic heterocycles. The van der Waals surface area contributed by atoms with Gasteiger partial charge in [-0.15, -0.1) is 0 Å². The standard InChI is InChI=1S/C14H19F3N2/c1-9-3-5-19(6-4-10(2)18-9)11-7-12(15)14(17)13(16)8-11/h7-10,18H,3-6H2,1-2H3. The van der Waals surface area contributed by atoms with Gasteiger partial charge in [0.2, 0.25) is 0 Å². The number of rotatable bonds is 1. The molecule has 1 aromatic carbocycles. The van der Waals surface area contributed by atoms with Crippen LogP contribution in [0.4, 0.5) is 18.9 Å². The molecule has 1 aromatic rings. The van der Waals surface area contributed by atoms with Gasteiger partial charge in [-0.05, 0) is 26.7 Å². The fourth-order valence-electron chi connectivity index (χ4n) is 2.45. The summed E-state index contributed by atoms with van der Waals surface area (Å²) in [6, 6.07) is 2.85. The lowest BCUT2D eigenvalue weighted by Crippen LogP contribution is -2.43. The number of benzene rings is 1. The van der Waals surface area contributed by atoms with Crippen LogP contribution in [0.5, 0.6) is 0 Å². The molecule has 0 spiro atoms. The van der Waals surface area contributed by atoms with Crippen LogP contribution < -0.4 is 10.2 Å². The van der Waals surface area contributed by atoms with Gasteiger partial charge in [-0.1, -0.05) is 0 Å². The maximum atomic E-state index is 13.3. The Morgan fingerprint density at radius 2 is 1.47 bits per heavy atom. The van der Waals surface area contributed by atoms with E-state index in [9.17, 15) is 13.2 Å². The lowest BCUT2D eigenvalue weighted by molar-refractivity contribution is 0.403. The van der Waals surface area contributed by atoms with E-state index in [4.69, 9.17) is 0 Å². The molecule has 0 aliphatic carbocycles. The zero-order chi connectivity index (χ0) is 14.0. The number of nitrogens with one attached hydrogen (secondary N) is 1. The molecule has 19 heavy (non-hydrogen) atoms. The maximum absolute atomic E-state index is 13.3. The number of hydrogen-bond donors (Lipinski definition) is 1. The van der Waals surface area contributed by atoms with E-state index >= 15 is 0 Å². The molecule has 0 saturated carbocycles. The second kappa shape index (κ2) is 5.82. The van der Waals surface area contributed by atoms with E-state index in [1.165, 1.54) is 0 Å². The van der Waals surface area contributed by atoms with E-state index in [0.29, 0.717) is 30.9 Å². The van der Waals surface area contributed by atoms with Crippen molar-refractivity contribution in [2.75, 3.05) is 18.0 Å². The van der Waals surface area contributed by atoms with Gasteiger partial charge in [-0.3, -0.25) is 0 Å². The quantitative estimate of drug-likeness (QED) is 0.790. The van der Waals surface area contributed by atoms with Crippen LogP contribution in [-0.2, 0) is 0 Å². The molecule has 0 bridgehead atoms. The summed E-state index contributed by atoms with van der Waals surface area (Å²) in [5, 5.41) is 3.45. The first-order valence-electron chi connectivity index (χ1n) is 6.63. The Hall–Kier alpha value is -1.23. The van der Waals surface area contributed by atoms with Crippen LogP contribution >= 0.6 is 0 Å². The predicted molar refractivity (Wildman–Crippen MR) is 69.8 cm³/mol. The second-order valence-corrected chi connectivity index (χ2v) is 5.26. The molecule has 1 aliphatic heterocycles. The largest absolute Gasteiger partial charge is 0.371 e. The number of halogens is 3. The highest BCUT2D eigenvalue weighted by atomic mass is 19.2. The second-order valence-electron chi connectivity index (χ2n) is 5.26. The van der Waals surface area contributed by atoms with E-state index in [1.807, 2.05) is 4.90 Å². The molecule has 1 saturated heterocycles. The third kappa shape index (κ3) is 3.41. The summed E-state index contributed by atoms with van der Waals surface area (Å²) in [5.74, 6) is -3.66. The molecule has 106 valence electrons. The van der Waals surface area contributed by atoms with Crippen LogP contribution in [0, 0.1) is 17.5 Å². The van der Waals surface area contributed by atoms with Gasteiger partial charge in [0, 0.05) is 43.0 Å². The number of hydrogen-bond acceptors (Lipinski definition) is 2. The molecule has 1 N–H and O–H groups in total. The highest BCUT2D eigenvalue weighted by molar-refractivity contribution is 5.47. The van der Waals surface area contributed by atoms with Gasteiger partial charge in [0.1, 0.15) is 0 Å². The Morgan fingerprint density at radius 3 is 1.95 bits per heavy atom. The van der Waals surface area contributed by atoms with Gasteiger partial charge in [0.25, 0.3) is 0 Å². The van der Waals surface area contributed by atoms with Gasteiger partial charge in [0.05, 0.1) is 0 Å². The molecule has 2 nitrogen and oxygen atoms in total. The van der Waals surface area contributed by atoms with Crippen molar-refractivity contribution in [1.82, 2.24) is 5.32 Å². The van der Waals surface area contributed by atoms with E-state index in [2.05, 4.69) is 19.2 Å². The first-order valence-corrected chi connectivity index (χ1v) is 6.63. The van der Waals surface area contributed by atoms with E-state index in [-0.39, 0.29) is 0 Å². The van der Waals surface area contributed by atoms with Gasteiger partial charge >= 0.3 is 0 Å². The summed E-state index contributed by atoms with van der Waals surface area (Å²) < 4.78 is 39.5. The number of nitrogens with zero attached hydrogens (tertiary/aromatic N) is 1. The first-order chi connectivity index (χ1) is 8.97. The lowest BCUT2D eigenvalue weighted by atomic mass is 10.1. The molecule has 2 atom stereocenters. The molecule has 0 radical (unpaired) electrons. The summed E-state index contributed by atoms with van der Waals surface area (Å²) >= 11 is 0. The number of anilines is 1. The Balaban J connectivity index is 2.20. The highest BCUT2D eigenvalue weighted by Crippen LogP contribution is 2.22. The van der Waals surface area contributed by atoms with Crippen molar-refractivity contribution in [2.24, 2.45) is 0 Å². The van der Waals surface area contributed by atoms with Crippen LogP contribution in [0.3, 0.4) is 0 Å². The predicted octanol–water partition coefficient (Wildman–Crippen LogP) is 3.07. The Morgan fingerprint density at radius 1 is 1.00 bits per heavy atom. The monoisotopic (exact) mass is 272 g/mol. The molecular weight excluding hydrogens is 253 g/mol. The van der Waals surface area contributed by atoms with Gasteiger partial charge in [-0.2, -0.15) is 0 Å². The molecule has 0 amide bonds. The van der Waals surface area contributed by atoms with Crippen molar-refractivity contribution in [1.29, 1.82) is 0 Å². The SMILES string of the molecule is CC1CCN(c2cc(F)c(F)c(F)c2)CCC(C)N1. The lowest BCUT2D eigenvalue weighted by Gasteiger charge is -2.32. The van der Waals surface area contributed by atoms with Crippen LogP contribution in [0.2, 0.25) is 0 Å². The van der Waals surface area contributed by atoms with E-state index in [0.717, 1.165) is 25.0 Å². The Kier molecular flexibility index (Phi) is 4.34. The smallest absolute Gasteiger partial charge is 0.194 e. The van der Waals surface area contributed by atoms with Crippen LogP contribution in [0.25, 0.3) is 0 Å². The summed E-state index contributed by atoms with van der Waals surface area (Å²) in [4.78, 5) is 1.92. The summed E-state index contributed by atoms with van der Waals surface area (Å²) in [5.41, 5.74) is 0.415. The fourth-order valence-corrected chi connectivity index (χ4v) is 2.45. The van der Waals surface area contributed by atoms with Crippen molar-refractivity contribution >= 4 is 5.69 Å². The minimum absolute atomic E-state index is 0.355. The Labute approximate surface area is 111 Å². The van der Waals surface area contributed by atoms with Crippen LogP contribution in [0.15, 0.2) is 12.1 Å². The first kappa shape index (κ1) is 14.2. The van der Waals surface area contributed by atoms with Crippen molar-refractivity contribution in [3.63, 3.8) is 0 Å². The molecule has 2 rings (SSSR count). The molecule has 2 unspecified atom stereocenters. The topological polar surface area (TPSA) is 15.3 Å². The summed E-state index contributed by atoms with van der Waals surface area (Å²) in [6.45, 7) is 5.58. The summed E-state index contributed by atoms with van der Waals surface area (Å²) in [6.07, 6.45) is 1.76. The van der Waals surface area contributed by atoms with Crippen molar-refractivity contribution < 1.29 is 13.2 Å². The highest BCUT2D eigenvalue weighted by Gasteiger charge is 2.19. The molecule has 5 heteroatoms. The van der Waals surface area contributed by atoms with Gasteiger partial charge in [-0.25, -0.2) is 13.2 Å². The van der Waals surface area contributed by atoms with E-state index in [1.54, 1.807) is 0 Å². The van der Waals surface area contributed by atoms with Gasteiger partial charge < -0.3 is 10.2 Å². The molecular formula is C14H19F3N2. The summed E-state index contributed by atoms with van der Waals surface area (Å²) in [7, 11) is 0. The van der Waals surface area contributed by atoms with Crippen molar-refractivity contribution in [2.45, 2.75) is 38.8 Å². The van der Waals surface area contributed by atoms with Gasteiger partial charge in [0.15, 0.2) is 17.5 Å². The molecule has 1 fully saturated rings. The zero-order valence-corrected chi connectivity index (χ0v) is 11.2. The average molecular weight is 272 g/mol. The van der Waals surface area contributed by atoms with E-state index < -0.39 is 17.5 Å². The third-order valence-electron chi connectivity index (χ3n) is 3.57. The minimum Gasteiger partial charge on any atom is -0.371 e. The fraction of sp³-hybridized carbons (Fsp3) is 0.571. The average Bonchev–Trinajstić information content (AvgIpc) is 2.33. The van der Waals surface area contributed by atoms with Crippen molar-refractivity contribution in [3.8, 4) is 0 Å². The normalized spacial score (nSPS) is 25.0.